The highest BCUT2D eigenvalue weighted by atomic mass is 35.5. The summed E-state index contributed by atoms with van der Waals surface area (Å²) in [6, 6.07) is 5.22. The smallest absolute Gasteiger partial charge is 0.435 e. The van der Waals surface area contributed by atoms with Crippen LogP contribution in [0.4, 0.5) is 43.9 Å². The average Bonchev–Trinajstić information content (AvgIpc) is 3.76. The van der Waals surface area contributed by atoms with Gasteiger partial charge in [-0.15, -0.1) is 5.10 Å². The number of alkyl halides is 6. The Labute approximate surface area is 284 Å². The molecule has 0 saturated carbocycles. The summed E-state index contributed by atoms with van der Waals surface area (Å²) >= 11 is 5.73. The van der Waals surface area contributed by atoms with E-state index in [9.17, 15) is 53.5 Å². The van der Waals surface area contributed by atoms with E-state index in [2.05, 4.69) is 20.2 Å². The fourth-order valence-electron chi connectivity index (χ4n) is 5.62. The molecule has 2 aliphatic rings. The number of carbonyl (C=O) groups excluding carboxylic acids is 2. The van der Waals surface area contributed by atoms with Crippen LogP contribution in [0, 0.1) is 11.8 Å². The van der Waals surface area contributed by atoms with E-state index in [-0.39, 0.29) is 59.6 Å². The summed E-state index contributed by atoms with van der Waals surface area (Å²) in [5.74, 6) is -2.46. The second kappa shape index (κ2) is 14.3. The maximum Gasteiger partial charge on any atom is 0.435 e. The molecule has 51 heavy (non-hydrogen) atoms. The van der Waals surface area contributed by atoms with Crippen molar-refractivity contribution in [3.8, 4) is 5.88 Å². The molecule has 2 atom stereocenters. The molecule has 11 nitrogen and oxygen atoms in total. The molecule has 0 spiro atoms. The van der Waals surface area contributed by atoms with Gasteiger partial charge in [0.05, 0.1) is 31.6 Å². The van der Waals surface area contributed by atoms with Crippen LogP contribution in [-0.2, 0) is 35.0 Å². The molecular formula is C29H23ClF10N8O3. The molecule has 4 aromatic rings. The van der Waals surface area contributed by atoms with Crippen molar-refractivity contribution >= 4 is 34.7 Å². The van der Waals surface area contributed by atoms with E-state index in [0.717, 1.165) is 18.8 Å². The lowest BCUT2D eigenvalue weighted by Gasteiger charge is -2.17. The fourth-order valence-corrected chi connectivity index (χ4v) is 5.76. The molecule has 6 rings (SSSR count). The molecule has 6 heterocycles. The van der Waals surface area contributed by atoms with Crippen LogP contribution in [0.15, 0.2) is 48.6 Å². The lowest BCUT2D eigenvalue weighted by molar-refractivity contribution is -0.143. The molecule has 4 aromatic heterocycles. The molecule has 0 aliphatic carbocycles. The molecule has 2 saturated heterocycles. The number of halogens is 11. The maximum absolute atomic E-state index is 13.3. The first-order valence-electron chi connectivity index (χ1n) is 14.6. The minimum Gasteiger partial charge on any atom is -0.480 e. The van der Waals surface area contributed by atoms with E-state index < -0.39 is 72.6 Å². The molecule has 0 aromatic carbocycles. The van der Waals surface area contributed by atoms with Crippen molar-refractivity contribution in [2.45, 2.75) is 38.3 Å². The Hall–Kier alpha value is -4.95. The Balaban J connectivity index is 0.000000198. The molecule has 274 valence electrons. The van der Waals surface area contributed by atoms with Gasteiger partial charge in [-0.2, -0.15) is 49.0 Å². The van der Waals surface area contributed by atoms with Gasteiger partial charge in [0.2, 0.25) is 17.7 Å². The summed E-state index contributed by atoms with van der Waals surface area (Å²) in [7, 11) is 1.31. The molecule has 0 bridgehead atoms. The normalized spacial score (nSPS) is 18.0. The van der Waals surface area contributed by atoms with E-state index in [4.69, 9.17) is 16.3 Å². The largest absolute Gasteiger partial charge is 0.480 e. The third-order valence-corrected chi connectivity index (χ3v) is 7.92. The third-order valence-electron chi connectivity index (χ3n) is 7.72. The van der Waals surface area contributed by atoms with Crippen LogP contribution < -0.4 is 4.74 Å². The second-order valence-electron chi connectivity index (χ2n) is 11.3. The summed E-state index contributed by atoms with van der Waals surface area (Å²) in [6.07, 6.45) is -12.5. The van der Waals surface area contributed by atoms with Crippen molar-refractivity contribution in [1.82, 2.24) is 39.0 Å². The predicted molar refractivity (Wildman–Crippen MR) is 155 cm³/mol. The van der Waals surface area contributed by atoms with Crippen LogP contribution in [-0.4, -0.2) is 71.0 Å². The van der Waals surface area contributed by atoms with Crippen LogP contribution in [0.3, 0.4) is 0 Å². The van der Waals surface area contributed by atoms with Gasteiger partial charge in [0.15, 0.2) is 22.7 Å². The lowest BCUT2D eigenvalue weighted by Crippen LogP contribution is -2.27. The lowest BCUT2D eigenvalue weighted by atomic mass is 10.1. The molecule has 2 amide bonds. The summed E-state index contributed by atoms with van der Waals surface area (Å²) in [5, 5.41) is 7.67. The number of nitrogens with zero attached hydrogens (tertiary/aromatic N) is 8. The molecule has 0 N–H and O–H groups in total. The van der Waals surface area contributed by atoms with Gasteiger partial charge in [0.25, 0.3) is 12.2 Å². The standard InChI is InChI=1S/C15H13F5N4O2.C14H10ClF5N4O/c1-26-12-3-2-11-21-14(15(18,19)20)9(24(11)22-12)7-23-6-8(4-10(16)17)5-13(23)25;15-9-1-2-11-21-13(14(18,19)20)8(24(11)22-9)6-23-5-7(3-10(16)17)4-12(23)25/h2-4,8H,5-7H2,1H3;1-3,7H,4-6H2. The second-order valence-corrected chi connectivity index (χ2v) is 11.7. The molecule has 2 unspecified atom stereocenters. The SMILES string of the molecule is COc1ccc2nc(C(F)(F)F)c(CN3CC(C=C(F)F)CC3=O)n2n1.O=C1CC(C=C(F)F)CN1Cc1c(C(F)(F)F)nc2ccc(Cl)nn12. The summed E-state index contributed by atoms with van der Waals surface area (Å²) in [4.78, 5) is 33.2. The van der Waals surface area contributed by atoms with Gasteiger partial charge in [-0.1, -0.05) is 11.6 Å². The van der Waals surface area contributed by atoms with Crippen LogP contribution in [0.25, 0.3) is 11.3 Å². The first-order chi connectivity index (χ1) is 23.8. The van der Waals surface area contributed by atoms with Crippen molar-refractivity contribution in [3.63, 3.8) is 0 Å². The predicted octanol–water partition coefficient (Wildman–Crippen LogP) is 6.42. The van der Waals surface area contributed by atoms with Gasteiger partial charge in [-0.25, -0.2) is 19.0 Å². The summed E-state index contributed by atoms with van der Waals surface area (Å²) in [5.41, 5.74) is -3.24. The molecular weight excluding hydrogens is 734 g/mol. The highest BCUT2D eigenvalue weighted by molar-refractivity contribution is 6.29. The number of carbonyl (C=O) groups is 2. The molecule has 2 fully saturated rings. The van der Waals surface area contributed by atoms with Crippen molar-refractivity contribution in [2.24, 2.45) is 11.8 Å². The van der Waals surface area contributed by atoms with E-state index in [1.807, 2.05) is 0 Å². The number of aromatic nitrogens is 6. The van der Waals surface area contributed by atoms with Gasteiger partial charge in [0.1, 0.15) is 5.15 Å². The van der Waals surface area contributed by atoms with Crippen molar-refractivity contribution < 1.29 is 58.2 Å². The van der Waals surface area contributed by atoms with E-state index in [0.29, 0.717) is 12.2 Å². The number of rotatable bonds is 7. The zero-order valence-electron chi connectivity index (χ0n) is 25.8. The van der Waals surface area contributed by atoms with Crippen LogP contribution in [0.5, 0.6) is 5.88 Å². The molecule has 22 heteroatoms. The minimum absolute atomic E-state index is 0.0482. The number of imidazole rings is 2. The Morgan fingerprint density at radius 3 is 1.61 bits per heavy atom. The van der Waals surface area contributed by atoms with Crippen molar-refractivity contribution in [3.05, 3.63) is 76.5 Å². The number of fused-ring (bicyclic) bond motifs is 2. The first kappa shape index (κ1) is 37.3. The highest BCUT2D eigenvalue weighted by Crippen LogP contribution is 2.35. The summed E-state index contributed by atoms with van der Waals surface area (Å²) in [6.45, 7) is -1.13. The van der Waals surface area contributed by atoms with Crippen molar-refractivity contribution in [1.29, 1.82) is 0 Å². The first-order valence-corrected chi connectivity index (χ1v) is 14.9. The Morgan fingerprint density at radius 1 is 0.765 bits per heavy atom. The topological polar surface area (TPSA) is 110 Å². The monoisotopic (exact) mass is 756 g/mol. The van der Waals surface area contributed by atoms with Gasteiger partial charge in [-0.3, -0.25) is 9.59 Å². The van der Waals surface area contributed by atoms with Crippen LogP contribution >= 0.6 is 11.6 Å². The maximum atomic E-state index is 13.3. The number of methoxy groups -OCH3 is 1. The van der Waals surface area contributed by atoms with Crippen LogP contribution in [0.2, 0.25) is 5.15 Å². The Morgan fingerprint density at radius 2 is 1.20 bits per heavy atom. The van der Waals surface area contributed by atoms with E-state index in [1.165, 1.54) is 31.4 Å². The number of amides is 2. The molecule has 2 aliphatic heterocycles. The quantitative estimate of drug-likeness (QED) is 0.201. The zero-order chi connectivity index (χ0) is 37.4. The number of hydrogen-bond acceptors (Lipinski definition) is 7. The Kier molecular flexibility index (Phi) is 10.5. The third kappa shape index (κ3) is 8.51. The van der Waals surface area contributed by atoms with Gasteiger partial charge in [0, 0.05) is 43.8 Å². The number of hydrogen-bond donors (Lipinski definition) is 0. The average molecular weight is 757 g/mol. The van der Waals surface area contributed by atoms with Crippen LogP contribution in [0.1, 0.15) is 35.6 Å². The Bertz CT molecular complexity index is 2020. The highest BCUT2D eigenvalue weighted by Gasteiger charge is 2.41. The fraction of sp³-hybridized carbons (Fsp3) is 0.379. The van der Waals surface area contributed by atoms with Crippen molar-refractivity contribution in [2.75, 3.05) is 20.2 Å². The number of likely N-dealkylation sites (tertiary alicyclic amines) is 2. The minimum atomic E-state index is -4.76. The number of ether oxygens (including phenoxy) is 1. The van der Waals surface area contributed by atoms with Gasteiger partial charge >= 0.3 is 12.4 Å². The zero-order valence-corrected chi connectivity index (χ0v) is 26.6. The van der Waals surface area contributed by atoms with E-state index >= 15 is 0 Å². The molecule has 0 radical (unpaired) electrons. The van der Waals surface area contributed by atoms with Gasteiger partial charge in [-0.05, 0) is 30.4 Å². The summed E-state index contributed by atoms with van der Waals surface area (Å²) < 4.78 is 136. The van der Waals surface area contributed by atoms with Gasteiger partial charge < -0.3 is 14.5 Å². The van der Waals surface area contributed by atoms with E-state index in [1.54, 1.807) is 0 Å².